The summed E-state index contributed by atoms with van der Waals surface area (Å²) in [6.07, 6.45) is 2.09. The molecular weight excluding hydrogens is 356 g/mol. The summed E-state index contributed by atoms with van der Waals surface area (Å²) in [5.41, 5.74) is 1.23. The molecule has 0 spiro atoms. The zero-order valence-corrected chi connectivity index (χ0v) is 14.9. The first-order chi connectivity index (χ1) is 13.0. The van der Waals surface area contributed by atoms with Gasteiger partial charge in [-0.15, -0.1) is 0 Å². The molecule has 0 atom stereocenters. The summed E-state index contributed by atoms with van der Waals surface area (Å²) in [6.45, 7) is 1.37. The summed E-state index contributed by atoms with van der Waals surface area (Å²) >= 11 is 0. The molecule has 0 fully saturated rings. The molecule has 2 aromatic rings. The fraction of sp³-hybridized carbons (Fsp3) is 0.250. The van der Waals surface area contributed by atoms with Gasteiger partial charge >= 0.3 is 6.61 Å². The lowest BCUT2D eigenvalue weighted by Gasteiger charge is -2.12. The molecule has 2 rings (SSSR count). The maximum Gasteiger partial charge on any atom is 0.387 e. The van der Waals surface area contributed by atoms with Crippen LogP contribution >= 0.6 is 0 Å². The number of rotatable bonds is 10. The molecule has 0 aliphatic rings. The highest BCUT2D eigenvalue weighted by Gasteiger charge is 2.11. The topological polar surface area (TPSA) is 56.8 Å². The van der Waals surface area contributed by atoms with Crippen LogP contribution in [0, 0.1) is 0 Å². The molecule has 7 heteroatoms. The molecular formula is C20H21F2NO4. The molecule has 0 heterocycles. The van der Waals surface area contributed by atoms with E-state index >= 15 is 0 Å². The van der Waals surface area contributed by atoms with E-state index in [0.29, 0.717) is 30.9 Å². The molecule has 27 heavy (non-hydrogen) atoms. The lowest BCUT2D eigenvalue weighted by Crippen LogP contribution is -2.25. The maximum absolute atomic E-state index is 12.5. The highest BCUT2D eigenvalue weighted by Crippen LogP contribution is 2.29. The number of carbonyl (C=O) groups excluding carboxylic acids is 1. The number of methoxy groups -OCH3 is 1. The number of alkyl halides is 2. The second-order valence-electron chi connectivity index (χ2n) is 5.49. The van der Waals surface area contributed by atoms with Crippen molar-refractivity contribution in [1.82, 2.24) is 5.32 Å². The smallest absolute Gasteiger partial charge is 0.387 e. The second-order valence-corrected chi connectivity index (χ2v) is 5.49. The number of hydrogen-bond donors (Lipinski definition) is 1. The number of amides is 1. The minimum Gasteiger partial charge on any atom is -0.493 e. The molecule has 0 aliphatic heterocycles. The first-order valence-corrected chi connectivity index (χ1v) is 8.27. The number of ether oxygens (including phenoxy) is 3. The van der Waals surface area contributed by atoms with Crippen molar-refractivity contribution >= 4 is 5.91 Å². The van der Waals surface area contributed by atoms with Gasteiger partial charge in [0.15, 0.2) is 11.5 Å². The van der Waals surface area contributed by atoms with Crippen LogP contribution in [0.2, 0.25) is 0 Å². The highest BCUT2D eigenvalue weighted by atomic mass is 19.3. The van der Waals surface area contributed by atoms with Gasteiger partial charge in [0.2, 0.25) is 0 Å². The van der Waals surface area contributed by atoms with E-state index < -0.39 is 6.61 Å². The van der Waals surface area contributed by atoms with Crippen LogP contribution in [0.3, 0.4) is 0 Å². The highest BCUT2D eigenvalue weighted by molar-refractivity contribution is 5.94. The van der Waals surface area contributed by atoms with Gasteiger partial charge in [0.25, 0.3) is 5.91 Å². The fourth-order valence-corrected chi connectivity index (χ4v) is 2.34. The lowest BCUT2D eigenvalue weighted by atomic mass is 10.1. The largest absolute Gasteiger partial charge is 0.493 e. The van der Waals surface area contributed by atoms with Gasteiger partial charge in [0.05, 0.1) is 7.11 Å². The van der Waals surface area contributed by atoms with Gasteiger partial charge in [-0.05, 0) is 48.4 Å². The summed E-state index contributed by atoms with van der Waals surface area (Å²) in [6, 6.07) is 11.5. The zero-order valence-electron chi connectivity index (χ0n) is 14.9. The van der Waals surface area contributed by atoms with E-state index in [1.807, 2.05) is 0 Å². The van der Waals surface area contributed by atoms with Crippen molar-refractivity contribution in [3.05, 3.63) is 66.2 Å². The Hall–Kier alpha value is -3.09. The fourth-order valence-electron chi connectivity index (χ4n) is 2.34. The zero-order chi connectivity index (χ0) is 19.6. The number of halogens is 2. The maximum atomic E-state index is 12.5. The van der Waals surface area contributed by atoms with E-state index in [0.717, 1.165) is 5.56 Å². The average molecular weight is 377 g/mol. The normalized spacial score (nSPS) is 10.4. The van der Waals surface area contributed by atoms with Crippen molar-refractivity contribution in [2.24, 2.45) is 0 Å². The standard InChI is InChI=1S/C20H21F2NO4/c1-3-12-26-16-7-5-15(6-8-16)19(24)23-11-10-14-4-9-17(25-2)18(13-14)27-20(21)22/h3-9,13,20H,1,10-12H2,2H3,(H,23,24). The van der Waals surface area contributed by atoms with E-state index in [-0.39, 0.29) is 17.4 Å². The van der Waals surface area contributed by atoms with Crippen LogP contribution in [0.15, 0.2) is 55.1 Å². The Labute approximate surface area is 156 Å². The van der Waals surface area contributed by atoms with Gasteiger partial charge in [-0.3, -0.25) is 4.79 Å². The molecule has 0 unspecified atom stereocenters. The molecule has 0 saturated heterocycles. The predicted octanol–water partition coefficient (Wildman–Crippen LogP) is 3.83. The van der Waals surface area contributed by atoms with E-state index in [2.05, 4.69) is 16.6 Å². The van der Waals surface area contributed by atoms with Gasteiger partial charge in [-0.25, -0.2) is 0 Å². The second kappa shape index (κ2) is 10.2. The van der Waals surface area contributed by atoms with E-state index in [1.165, 1.54) is 13.2 Å². The summed E-state index contributed by atoms with van der Waals surface area (Å²) in [5, 5.41) is 2.78. The third kappa shape index (κ3) is 6.29. The van der Waals surface area contributed by atoms with Gasteiger partial charge in [0, 0.05) is 12.1 Å². The summed E-state index contributed by atoms with van der Waals surface area (Å²) in [7, 11) is 1.38. The third-order valence-corrected chi connectivity index (χ3v) is 3.63. The lowest BCUT2D eigenvalue weighted by molar-refractivity contribution is -0.0512. The van der Waals surface area contributed by atoms with Crippen molar-refractivity contribution in [1.29, 1.82) is 0 Å². The Morgan fingerprint density at radius 1 is 1.19 bits per heavy atom. The Kier molecular flexibility index (Phi) is 7.61. The van der Waals surface area contributed by atoms with Gasteiger partial charge in [-0.2, -0.15) is 8.78 Å². The Morgan fingerprint density at radius 2 is 1.93 bits per heavy atom. The average Bonchev–Trinajstić information content (AvgIpc) is 2.66. The van der Waals surface area contributed by atoms with Crippen molar-refractivity contribution in [3.63, 3.8) is 0 Å². The Balaban J connectivity index is 1.89. The van der Waals surface area contributed by atoms with Crippen molar-refractivity contribution in [2.75, 3.05) is 20.3 Å². The molecule has 0 aliphatic carbocycles. The van der Waals surface area contributed by atoms with Crippen LogP contribution in [0.25, 0.3) is 0 Å². The van der Waals surface area contributed by atoms with E-state index in [1.54, 1.807) is 42.5 Å². The van der Waals surface area contributed by atoms with Crippen molar-refractivity contribution < 1.29 is 27.8 Å². The van der Waals surface area contributed by atoms with Crippen LogP contribution in [0.4, 0.5) is 8.78 Å². The first kappa shape index (κ1) is 20.2. The number of hydrogen-bond acceptors (Lipinski definition) is 4. The molecule has 0 bridgehead atoms. The molecule has 0 saturated carbocycles. The molecule has 0 radical (unpaired) electrons. The molecule has 2 aromatic carbocycles. The van der Waals surface area contributed by atoms with Crippen LogP contribution in [-0.2, 0) is 6.42 Å². The Morgan fingerprint density at radius 3 is 2.56 bits per heavy atom. The molecule has 0 aromatic heterocycles. The van der Waals surface area contributed by atoms with Crippen LogP contribution in [0.5, 0.6) is 17.2 Å². The monoisotopic (exact) mass is 377 g/mol. The van der Waals surface area contributed by atoms with Crippen LogP contribution < -0.4 is 19.5 Å². The van der Waals surface area contributed by atoms with E-state index in [9.17, 15) is 13.6 Å². The summed E-state index contributed by atoms with van der Waals surface area (Å²) < 4.78 is 39.7. The van der Waals surface area contributed by atoms with Crippen LogP contribution in [-0.4, -0.2) is 32.8 Å². The van der Waals surface area contributed by atoms with Crippen molar-refractivity contribution in [2.45, 2.75) is 13.0 Å². The van der Waals surface area contributed by atoms with E-state index in [4.69, 9.17) is 9.47 Å². The third-order valence-electron chi connectivity index (χ3n) is 3.63. The predicted molar refractivity (Wildman–Crippen MR) is 97.8 cm³/mol. The molecule has 1 amide bonds. The van der Waals surface area contributed by atoms with Crippen LogP contribution in [0.1, 0.15) is 15.9 Å². The number of nitrogens with one attached hydrogen (secondary N) is 1. The molecule has 144 valence electrons. The SMILES string of the molecule is C=CCOc1ccc(C(=O)NCCc2ccc(OC)c(OC(F)F)c2)cc1. The number of carbonyl (C=O) groups is 1. The van der Waals surface area contributed by atoms with Crippen molar-refractivity contribution in [3.8, 4) is 17.2 Å². The molecule has 1 N–H and O–H groups in total. The minimum atomic E-state index is -2.94. The summed E-state index contributed by atoms with van der Waals surface area (Å²) in [5.74, 6) is 0.604. The Bertz CT molecular complexity index is 763. The quantitative estimate of drug-likeness (QED) is 0.640. The van der Waals surface area contributed by atoms with Gasteiger partial charge < -0.3 is 19.5 Å². The minimum absolute atomic E-state index is 0.0357. The van der Waals surface area contributed by atoms with Gasteiger partial charge in [0.1, 0.15) is 12.4 Å². The van der Waals surface area contributed by atoms with Gasteiger partial charge in [-0.1, -0.05) is 18.7 Å². The molecule has 5 nitrogen and oxygen atoms in total. The number of benzene rings is 2. The first-order valence-electron chi connectivity index (χ1n) is 8.27. The summed E-state index contributed by atoms with van der Waals surface area (Å²) in [4.78, 5) is 12.2.